The number of nitrogens with zero attached hydrogens (tertiary/aromatic N) is 3. The molecule has 2 fully saturated rings. The second-order valence-electron chi connectivity index (χ2n) is 14.9. The SMILES string of the molecule is CC(C)(C)NC(=O)[C@@H]1C[C@@H]2CCCC[C@@H]2CN1C[C@@H](ON=O)[C@H](Cc1ccccc1)NC(=O)[C@H](CC(N)=O)NC(=O)c1ccc2ccccc2n1. The molecule has 0 spiro atoms. The lowest BCUT2D eigenvalue weighted by Crippen LogP contribution is -2.61. The molecule has 13 heteroatoms. The Hall–Kier alpha value is -4.91. The van der Waals surface area contributed by atoms with Crippen LogP contribution in [0.2, 0.25) is 0 Å². The molecule has 13 nitrogen and oxygen atoms in total. The van der Waals surface area contributed by atoms with Crippen molar-refractivity contribution in [3.8, 4) is 0 Å². The summed E-state index contributed by atoms with van der Waals surface area (Å²) in [6, 6.07) is 17.3. The first kappa shape index (κ1) is 37.3. The van der Waals surface area contributed by atoms with Gasteiger partial charge in [-0.3, -0.25) is 24.1 Å². The Bertz CT molecular complexity index is 1700. The lowest BCUT2D eigenvalue weighted by molar-refractivity contribution is -0.134. The Balaban J connectivity index is 1.40. The second kappa shape index (κ2) is 16.9. The summed E-state index contributed by atoms with van der Waals surface area (Å²) in [4.78, 5) is 76.9. The van der Waals surface area contributed by atoms with Crippen molar-refractivity contribution in [2.45, 2.75) is 95.5 Å². The van der Waals surface area contributed by atoms with Crippen molar-refractivity contribution in [1.29, 1.82) is 0 Å². The molecule has 3 aromatic rings. The molecule has 2 aromatic carbocycles. The van der Waals surface area contributed by atoms with Crippen LogP contribution >= 0.6 is 0 Å². The van der Waals surface area contributed by atoms with Gasteiger partial charge in [0.15, 0.2) is 11.4 Å². The highest BCUT2D eigenvalue weighted by Crippen LogP contribution is 2.39. The number of amides is 4. The van der Waals surface area contributed by atoms with E-state index in [4.69, 9.17) is 10.6 Å². The number of pyridine rings is 1. The molecule has 0 unspecified atom stereocenters. The molecular weight excluding hydrogens is 650 g/mol. The summed E-state index contributed by atoms with van der Waals surface area (Å²) in [7, 11) is 0. The Labute approximate surface area is 298 Å². The number of para-hydroxylation sites is 1. The fourth-order valence-electron chi connectivity index (χ4n) is 7.41. The maximum Gasteiger partial charge on any atom is 0.270 e. The lowest BCUT2D eigenvalue weighted by Gasteiger charge is -2.47. The van der Waals surface area contributed by atoms with Crippen molar-refractivity contribution < 1.29 is 24.0 Å². The zero-order valence-electron chi connectivity index (χ0n) is 29.5. The highest BCUT2D eigenvalue weighted by molar-refractivity contribution is 5.99. The third-order valence-electron chi connectivity index (χ3n) is 9.83. The summed E-state index contributed by atoms with van der Waals surface area (Å²) in [6.07, 6.45) is 3.83. The fraction of sp³-hybridized carbons (Fsp3) is 0.500. The number of nitrogens with one attached hydrogen (secondary N) is 3. The molecule has 2 heterocycles. The quantitative estimate of drug-likeness (QED) is 0.145. The smallest absolute Gasteiger partial charge is 0.270 e. The first-order valence-corrected chi connectivity index (χ1v) is 17.7. The molecule has 1 saturated carbocycles. The van der Waals surface area contributed by atoms with Crippen molar-refractivity contribution in [2.24, 2.45) is 22.9 Å². The average molecular weight is 700 g/mol. The maximum absolute atomic E-state index is 14.0. The number of rotatable bonds is 14. The Morgan fingerprint density at radius 3 is 2.37 bits per heavy atom. The van der Waals surface area contributed by atoms with Gasteiger partial charge in [-0.05, 0) is 69.6 Å². The standard InChI is InChI=1S/C38H49N7O6/c1-38(2,3)43-37(49)32-20-26-14-7-8-15-27(26)22-45(32)23-33(51-44-50)30(19-24-11-5-4-6-12-24)41-36(48)31(21-34(39)46)42-35(47)29-18-17-25-13-9-10-16-28(25)40-29/h4-6,9-13,16-18,26-27,30-33H,7-8,14-15,19-23H2,1-3H3,(H2,39,46)(H,41,48)(H,42,47)(H,43,49)/t26-,27+,30-,31-,32-,33+/m0/s1. The van der Waals surface area contributed by atoms with Crippen LogP contribution in [0.1, 0.15) is 75.3 Å². The van der Waals surface area contributed by atoms with E-state index in [0.717, 1.165) is 36.6 Å². The number of carbonyl (C=O) groups excluding carboxylic acids is 4. The van der Waals surface area contributed by atoms with Gasteiger partial charge in [-0.2, -0.15) is 0 Å². The van der Waals surface area contributed by atoms with E-state index in [1.807, 2.05) is 63.2 Å². The van der Waals surface area contributed by atoms with Gasteiger partial charge >= 0.3 is 0 Å². The number of piperidine rings is 1. The van der Waals surface area contributed by atoms with Crippen LogP contribution in [0, 0.1) is 16.7 Å². The topological polar surface area (TPSA) is 185 Å². The number of carbonyl (C=O) groups is 4. The first-order chi connectivity index (χ1) is 24.4. The molecular formula is C38H49N7O6. The predicted molar refractivity (Wildman–Crippen MR) is 193 cm³/mol. The summed E-state index contributed by atoms with van der Waals surface area (Å²) in [5.74, 6) is -1.44. The number of fused-ring (bicyclic) bond motifs is 2. The van der Waals surface area contributed by atoms with Gasteiger partial charge < -0.3 is 26.5 Å². The molecule has 6 atom stereocenters. The summed E-state index contributed by atoms with van der Waals surface area (Å²) >= 11 is 0. The summed E-state index contributed by atoms with van der Waals surface area (Å²) in [6.45, 7) is 6.57. The summed E-state index contributed by atoms with van der Waals surface area (Å²) in [5.41, 5.74) is 6.59. The highest BCUT2D eigenvalue weighted by atomic mass is 16.7. The van der Waals surface area contributed by atoms with E-state index in [1.54, 1.807) is 18.2 Å². The molecule has 0 radical (unpaired) electrons. The van der Waals surface area contributed by atoms with Gasteiger partial charge in [0.2, 0.25) is 17.7 Å². The Morgan fingerprint density at radius 1 is 0.961 bits per heavy atom. The van der Waals surface area contributed by atoms with Gasteiger partial charge in [-0.15, -0.1) is 4.91 Å². The number of likely N-dealkylation sites (tertiary alicyclic amines) is 1. The van der Waals surface area contributed by atoms with Crippen LogP contribution in [-0.4, -0.2) is 76.4 Å². The molecule has 1 aromatic heterocycles. The van der Waals surface area contributed by atoms with Crippen LogP contribution in [-0.2, 0) is 25.6 Å². The zero-order valence-corrected chi connectivity index (χ0v) is 29.5. The predicted octanol–water partition coefficient (Wildman–Crippen LogP) is 3.80. The van der Waals surface area contributed by atoms with Crippen molar-refractivity contribution >= 4 is 34.5 Å². The minimum Gasteiger partial charge on any atom is -0.370 e. The minimum absolute atomic E-state index is 0.0638. The molecule has 1 aliphatic carbocycles. The number of aromatic nitrogens is 1. The van der Waals surface area contributed by atoms with Gasteiger partial charge in [0, 0.05) is 24.0 Å². The monoisotopic (exact) mass is 699 g/mol. The molecule has 1 aliphatic heterocycles. The second-order valence-corrected chi connectivity index (χ2v) is 14.9. The van der Waals surface area contributed by atoms with E-state index >= 15 is 0 Å². The van der Waals surface area contributed by atoms with Crippen molar-refractivity contribution in [3.05, 3.63) is 82.9 Å². The molecule has 51 heavy (non-hydrogen) atoms. The van der Waals surface area contributed by atoms with Gasteiger partial charge in [0.25, 0.3) is 5.91 Å². The maximum atomic E-state index is 14.0. The van der Waals surface area contributed by atoms with Crippen molar-refractivity contribution in [1.82, 2.24) is 25.8 Å². The van der Waals surface area contributed by atoms with E-state index < -0.39 is 53.9 Å². The van der Waals surface area contributed by atoms with Crippen LogP contribution in [0.4, 0.5) is 0 Å². The van der Waals surface area contributed by atoms with Crippen LogP contribution < -0.4 is 21.7 Å². The van der Waals surface area contributed by atoms with Crippen LogP contribution in [0.5, 0.6) is 0 Å². The molecule has 5 N–H and O–H groups in total. The number of benzene rings is 2. The first-order valence-electron chi connectivity index (χ1n) is 17.7. The number of nitrogens with two attached hydrogens (primary N) is 1. The highest BCUT2D eigenvalue weighted by Gasteiger charge is 2.43. The van der Waals surface area contributed by atoms with Gasteiger partial charge in [0.1, 0.15) is 11.7 Å². The van der Waals surface area contributed by atoms with E-state index in [1.165, 1.54) is 6.07 Å². The number of hydrogen-bond acceptors (Lipinski definition) is 9. The van der Waals surface area contributed by atoms with Gasteiger partial charge in [-0.25, -0.2) is 4.98 Å². The van der Waals surface area contributed by atoms with Crippen molar-refractivity contribution in [3.63, 3.8) is 0 Å². The number of hydrogen-bond donors (Lipinski definition) is 4. The Kier molecular flexibility index (Phi) is 12.4. The Morgan fingerprint density at radius 2 is 1.67 bits per heavy atom. The lowest BCUT2D eigenvalue weighted by atomic mass is 9.72. The molecule has 2 aliphatic rings. The van der Waals surface area contributed by atoms with Crippen molar-refractivity contribution in [2.75, 3.05) is 13.1 Å². The third-order valence-corrected chi connectivity index (χ3v) is 9.83. The van der Waals surface area contributed by atoms with Gasteiger partial charge in [0.05, 0.1) is 24.0 Å². The van der Waals surface area contributed by atoms with E-state index in [9.17, 15) is 24.1 Å². The molecule has 0 bridgehead atoms. The molecule has 5 rings (SSSR count). The summed E-state index contributed by atoms with van der Waals surface area (Å²) in [5, 5.41) is 12.3. The zero-order chi connectivity index (χ0) is 36.5. The fourth-order valence-corrected chi connectivity index (χ4v) is 7.41. The van der Waals surface area contributed by atoms with Crippen LogP contribution in [0.25, 0.3) is 10.9 Å². The summed E-state index contributed by atoms with van der Waals surface area (Å²) < 4.78 is 0. The van der Waals surface area contributed by atoms with Crippen LogP contribution in [0.15, 0.2) is 72.1 Å². The number of primary amides is 1. The average Bonchev–Trinajstić information content (AvgIpc) is 3.09. The van der Waals surface area contributed by atoms with Gasteiger partial charge in [-0.1, -0.05) is 73.9 Å². The van der Waals surface area contributed by atoms with E-state index in [2.05, 4.69) is 31.2 Å². The van der Waals surface area contributed by atoms with E-state index in [-0.39, 0.29) is 24.6 Å². The normalized spacial score (nSPS) is 21.0. The molecule has 4 amide bonds. The van der Waals surface area contributed by atoms with Crippen LogP contribution in [0.3, 0.4) is 0 Å². The third kappa shape index (κ3) is 10.3. The van der Waals surface area contributed by atoms with E-state index in [0.29, 0.717) is 30.3 Å². The largest absolute Gasteiger partial charge is 0.370 e. The molecule has 272 valence electrons. The molecule has 1 saturated heterocycles. The minimum atomic E-state index is -1.35.